The minimum absolute atomic E-state index is 0.414. The van der Waals surface area contributed by atoms with Crippen LogP contribution in [0.15, 0.2) is 36.4 Å². The fraction of sp³-hybridized carbons (Fsp3) is 0.586. The molecule has 1 fully saturated rings. The summed E-state index contributed by atoms with van der Waals surface area (Å²) in [4.78, 5) is 0. The van der Waals surface area contributed by atoms with Crippen LogP contribution >= 0.6 is 0 Å². The smallest absolute Gasteiger partial charge is 0.121 e. The maximum atomic E-state index is 9.91. The molecule has 0 aliphatic heterocycles. The van der Waals surface area contributed by atoms with Gasteiger partial charge < -0.3 is 5.11 Å². The van der Waals surface area contributed by atoms with Gasteiger partial charge in [0.05, 0.1) is 0 Å². The van der Waals surface area contributed by atoms with Gasteiger partial charge in [-0.05, 0) is 78.5 Å². The van der Waals surface area contributed by atoms with Crippen molar-refractivity contribution in [3.05, 3.63) is 53.1 Å². The van der Waals surface area contributed by atoms with Crippen LogP contribution in [0.3, 0.4) is 0 Å². The molecule has 2 aromatic carbocycles. The highest BCUT2D eigenvalue weighted by atomic mass is 16.3. The maximum absolute atomic E-state index is 9.91. The lowest BCUT2D eigenvalue weighted by Gasteiger charge is -2.26. The predicted octanol–water partition coefficient (Wildman–Crippen LogP) is 10.1. The zero-order valence-corrected chi connectivity index (χ0v) is 21.9. The summed E-state index contributed by atoms with van der Waals surface area (Å²) in [5.74, 6) is 2.06. The second kappa shape index (κ2) is 18.0. The number of phenolic OH excluding ortho intramolecular Hbond substituents is 1. The first-order chi connectivity index (χ1) is 14.5. The number of hydrogen-bond donors (Lipinski definition) is 1. The van der Waals surface area contributed by atoms with E-state index in [1.54, 1.807) is 0 Å². The SMILES string of the molecule is CC.CC.CC.CC.Cc1cc(-c2ccc(C3CCC(C)CC3)cc2)cc(C)c1O. The zero-order valence-electron chi connectivity index (χ0n) is 21.9. The number of aromatic hydroxyl groups is 1. The Bertz CT molecular complexity index is 624. The Labute approximate surface area is 189 Å². The van der Waals surface area contributed by atoms with Crippen molar-refractivity contribution < 1.29 is 5.11 Å². The zero-order chi connectivity index (χ0) is 23.7. The minimum atomic E-state index is 0.414. The maximum Gasteiger partial charge on any atom is 0.121 e. The second-order valence-electron chi connectivity index (χ2n) is 7.04. The highest BCUT2D eigenvalue weighted by Gasteiger charge is 2.19. The van der Waals surface area contributed by atoms with Crippen LogP contribution in [-0.2, 0) is 0 Å². The van der Waals surface area contributed by atoms with Crippen molar-refractivity contribution in [2.45, 2.75) is 108 Å². The topological polar surface area (TPSA) is 20.2 Å². The number of hydrogen-bond acceptors (Lipinski definition) is 1. The van der Waals surface area contributed by atoms with Crippen LogP contribution in [0, 0.1) is 19.8 Å². The third-order valence-electron chi connectivity index (χ3n) is 5.22. The van der Waals surface area contributed by atoms with Gasteiger partial charge in [-0.1, -0.05) is 99.4 Å². The Morgan fingerprint density at radius 1 is 0.633 bits per heavy atom. The molecule has 1 nitrogen and oxygen atoms in total. The van der Waals surface area contributed by atoms with Gasteiger partial charge in [-0.2, -0.15) is 0 Å². The van der Waals surface area contributed by atoms with Crippen LogP contribution < -0.4 is 0 Å². The van der Waals surface area contributed by atoms with E-state index in [0.29, 0.717) is 5.75 Å². The van der Waals surface area contributed by atoms with Crippen LogP contribution in [0.2, 0.25) is 0 Å². The Hall–Kier alpha value is -1.76. The summed E-state index contributed by atoms with van der Waals surface area (Å²) in [6.07, 6.45) is 5.39. The van der Waals surface area contributed by atoms with Crippen molar-refractivity contribution in [1.82, 2.24) is 0 Å². The monoisotopic (exact) mass is 414 g/mol. The summed E-state index contributed by atoms with van der Waals surface area (Å²) in [6.45, 7) is 22.3. The van der Waals surface area contributed by atoms with Crippen molar-refractivity contribution in [2.24, 2.45) is 5.92 Å². The second-order valence-corrected chi connectivity index (χ2v) is 7.04. The van der Waals surface area contributed by atoms with Gasteiger partial charge in [0.25, 0.3) is 0 Å². The van der Waals surface area contributed by atoms with E-state index >= 15 is 0 Å². The molecule has 0 bridgehead atoms. The third-order valence-corrected chi connectivity index (χ3v) is 5.22. The summed E-state index contributed by atoms with van der Waals surface area (Å²) < 4.78 is 0. The van der Waals surface area contributed by atoms with E-state index in [9.17, 15) is 5.11 Å². The first kappa shape index (κ1) is 30.4. The molecule has 1 N–H and O–H groups in total. The van der Waals surface area contributed by atoms with Gasteiger partial charge in [0.2, 0.25) is 0 Å². The van der Waals surface area contributed by atoms with Gasteiger partial charge in [-0.25, -0.2) is 0 Å². The number of phenols is 1. The Kier molecular flexibility index (Phi) is 18.3. The standard InChI is InChI=1S/C21H26O.4C2H6/c1-14-4-6-17(7-5-14)18-8-10-19(11-9-18)20-12-15(2)21(22)16(3)13-20;4*1-2/h8-14,17,22H,4-7H2,1-3H3;4*1-2H3. The van der Waals surface area contributed by atoms with E-state index in [1.807, 2.05) is 69.2 Å². The van der Waals surface area contributed by atoms with Crippen LogP contribution in [0.4, 0.5) is 0 Å². The van der Waals surface area contributed by atoms with Gasteiger partial charge in [-0.3, -0.25) is 0 Å². The molecule has 0 spiro atoms. The van der Waals surface area contributed by atoms with Crippen molar-refractivity contribution in [1.29, 1.82) is 0 Å². The molecule has 30 heavy (non-hydrogen) atoms. The molecule has 0 aromatic heterocycles. The number of rotatable bonds is 2. The van der Waals surface area contributed by atoms with Crippen LogP contribution in [0.5, 0.6) is 5.75 Å². The van der Waals surface area contributed by atoms with E-state index < -0.39 is 0 Å². The van der Waals surface area contributed by atoms with Crippen molar-refractivity contribution in [3.63, 3.8) is 0 Å². The molecule has 2 aromatic rings. The molecule has 0 heterocycles. The lowest BCUT2D eigenvalue weighted by Crippen LogP contribution is -2.10. The highest BCUT2D eigenvalue weighted by molar-refractivity contribution is 5.67. The average molecular weight is 415 g/mol. The van der Waals surface area contributed by atoms with E-state index in [4.69, 9.17) is 0 Å². The van der Waals surface area contributed by atoms with Crippen LogP contribution in [0.25, 0.3) is 11.1 Å². The van der Waals surface area contributed by atoms with Crippen molar-refractivity contribution in [3.8, 4) is 16.9 Å². The first-order valence-electron chi connectivity index (χ1n) is 12.4. The van der Waals surface area contributed by atoms with Gasteiger partial charge >= 0.3 is 0 Å². The molecule has 1 saturated carbocycles. The van der Waals surface area contributed by atoms with E-state index in [0.717, 1.165) is 23.0 Å². The van der Waals surface area contributed by atoms with Gasteiger partial charge in [0.15, 0.2) is 0 Å². The Balaban J connectivity index is 0. The molecule has 1 aliphatic carbocycles. The molecule has 1 heteroatoms. The number of aryl methyl sites for hydroxylation is 2. The molecule has 0 unspecified atom stereocenters. The molecule has 1 aliphatic rings. The fourth-order valence-electron chi connectivity index (χ4n) is 3.66. The minimum Gasteiger partial charge on any atom is -0.507 e. The molecule has 0 radical (unpaired) electrons. The quantitative estimate of drug-likeness (QED) is 0.518. The van der Waals surface area contributed by atoms with Crippen LogP contribution in [-0.4, -0.2) is 5.11 Å². The first-order valence-corrected chi connectivity index (χ1v) is 12.4. The van der Waals surface area contributed by atoms with E-state index in [2.05, 4.69) is 43.3 Å². The van der Waals surface area contributed by atoms with E-state index in [1.165, 1.54) is 42.4 Å². The highest BCUT2D eigenvalue weighted by Crippen LogP contribution is 2.36. The average Bonchev–Trinajstić information content (AvgIpc) is 2.83. The summed E-state index contributed by atoms with van der Waals surface area (Å²) in [5, 5.41) is 9.91. The molecule has 0 atom stereocenters. The molecule has 0 saturated heterocycles. The van der Waals surface area contributed by atoms with Gasteiger partial charge in [0.1, 0.15) is 5.75 Å². The molecular formula is C29H50O. The summed E-state index contributed by atoms with van der Waals surface area (Å²) >= 11 is 0. The predicted molar refractivity (Wildman–Crippen MR) is 139 cm³/mol. The molecule has 3 rings (SSSR count). The largest absolute Gasteiger partial charge is 0.507 e. The van der Waals surface area contributed by atoms with Crippen LogP contribution in [0.1, 0.15) is 111 Å². The fourth-order valence-corrected chi connectivity index (χ4v) is 3.66. The van der Waals surface area contributed by atoms with Crippen molar-refractivity contribution >= 4 is 0 Å². The molecule has 0 amide bonds. The van der Waals surface area contributed by atoms with E-state index in [-0.39, 0.29) is 0 Å². The summed E-state index contributed by atoms with van der Waals surface area (Å²) in [7, 11) is 0. The Morgan fingerprint density at radius 2 is 1.03 bits per heavy atom. The lowest BCUT2D eigenvalue weighted by molar-refractivity contribution is 0.348. The number of benzene rings is 2. The normalized spacial score (nSPS) is 16.8. The molecular weight excluding hydrogens is 364 g/mol. The Morgan fingerprint density at radius 3 is 1.43 bits per heavy atom. The third kappa shape index (κ3) is 9.37. The van der Waals surface area contributed by atoms with Crippen molar-refractivity contribution in [2.75, 3.05) is 0 Å². The van der Waals surface area contributed by atoms with Gasteiger partial charge in [-0.15, -0.1) is 0 Å². The lowest BCUT2D eigenvalue weighted by atomic mass is 9.79. The summed E-state index contributed by atoms with van der Waals surface area (Å²) in [6, 6.07) is 13.2. The molecule has 172 valence electrons. The van der Waals surface area contributed by atoms with Gasteiger partial charge in [0, 0.05) is 0 Å². The summed E-state index contributed by atoms with van der Waals surface area (Å²) in [5.41, 5.74) is 5.80.